The van der Waals surface area contributed by atoms with E-state index in [1.807, 2.05) is 41.5 Å². The van der Waals surface area contributed by atoms with Crippen molar-refractivity contribution in [2.45, 2.75) is 41.5 Å². The molecule has 0 saturated carbocycles. The summed E-state index contributed by atoms with van der Waals surface area (Å²) in [4.78, 5) is 16.9. The normalized spacial score (nSPS) is 11.2. The predicted molar refractivity (Wildman–Crippen MR) is 69.9 cm³/mol. The van der Waals surface area contributed by atoms with E-state index in [9.17, 15) is 4.79 Å². The Morgan fingerprint density at radius 2 is 1.41 bits per heavy atom. The molecule has 2 aromatic rings. The van der Waals surface area contributed by atoms with Crippen molar-refractivity contribution < 1.29 is 0 Å². The van der Waals surface area contributed by atoms with Crippen LogP contribution in [-0.2, 0) is 0 Å². The zero-order valence-corrected chi connectivity index (χ0v) is 11.3. The van der Waals surface area contributed by atoms with E-state index < -0.39 is 0 Å². The van der Waals surface area contributed by atoms with Crippen LogP contribution >= 0.6 is 0 Å². The fourth-order valence-electron chi connectivity index (χ4n) is 2.16. The average Bonchev–Trinajstić information content (AvgIpc) is 2.30. The third kappa shape index (κ3) is 1.49. The van der Waals surface area contributed by atoms with E-state index in [-0.39, 0.29) is 5.56 Å². The van der Waals surface area contributed by atoms with E-state index in [1.165, 1.54) is 0 Å². The molecule has 2 heterocycles. The fraction of sp³-hybridized carbons (Fsp3) is 0.429. The molecule has 0 radical (unpaired) electrons. The van der Waals surface area contributed by atoms with Crippen molar-refractivity contribution in [3.8, 4) is 0 Å². The highest BCUT2D eigenvalue weighted by atomic mass is 16.1. The number of aryl methyl sites for hydroxylation is 3. The molecule has 0 bridgehead atoms. The van der Waals surface area contributed by atoms with E-state index >= 15 is 0 Å². The molecule has 2 aromatic heterocycles. The summed E-state index contributed by atoms with van der Waals surface area (Å²) in [7, 11) is 0. The quantitative estimate of drug-likeness (QED) is 0.697. The summed E-state index contributed by atoms with van der Waals surface area (Å²) >= 11 is 0. The smallest absolute Gasteiger partial charge is 0.259 e. The molecule has 0 atom stereocenters. The zero-order valence-electron chi connectivity index (χ0n) is 11.3. The van der Waals surface area contributed by atoms with E-state index in [2.05, 4.69) is 4.98 Å². The molecule has 0 amide bonds. The first-order valence-corrected chi connectivity index (χ1v) is 5.82. The van der Waals surface area contributed by atoms with Crippen molar-refractivity contribution in [3.63, 3.8) is 0 Å². The van der Waals surface area contributed by atoms with Gasteiger partial charge in [0.1, 0.15) is 5.65 Å². The van der Waals surface area contributed by atoms with Gasteiger partial charge in [0.2, 0.25) is 0 Å². The summed E-state index contributed by atoms with van der Waals surface area (Å²) in [6, 6.07) is 0. The van der Waals surface area contributed by atoms with Crippen LogP contribution in [0.4, 0.5) is 0 Å². The molecular weight excluding hydrogens is 212 g/mol. The molecule has 2 rings (SSSR count). The van der Waals surface area contributed by atoms with Crippen LogP contribution in [0, 0.1) is 41.5 Å². The van der Waals surface area contributed by atoms with Crippen molar-refractivity contribution in [1.29, 1.82) is 0 Å². The van der Waals surface area contributed by atoms with Crippen molar-refractivity contribution in [2.24, 2.45) is 0 Å². The Labute approximate surface area is 101 Å². The van der Waals surface area contributed by atoms with Crippen LogP contribution in [-0.4, -0.2) is 9.38 Å². The van der Waals surface area contributed by atoms with Crippen LogP contribution in [0.25, 0.3) is 5.65 Å². The minimum absolute atomic E-state index is 0.0520. The van der Waals surface area contributed by atoms with Crippen LogP contribution in [0.2, 0.25) is 0 Å². The highest BCUT2D eigenvalue weighted by molar-refractivity contribution is 5.55. The summed E-state index contributed by atoms with van der Waals surface area (Å²) < 4.78 is 1.74. The van der Waals surface area contributed by atoms with Gasteiger partial charge in [-0.1, -0.05) is 0 Å². The lowest BCUT2D eigenvalue weighted by Gasteiger charge is -2.15. The molecule has 0 fully saturated rings. The van der Waals surface area contributed by atoms with Gasteiger partial charge >= 0.3 is 0 Å². The van der Waals surface area contributed by atoms with Gasteiger partial charge in [-0.2, -0.15) is 0 Å². The average molecular weight is 230 g/mol. The first-order valence-electron chi connectivity index (χ1n) is 5.82. The van der Waals surface area contributed by atoms with E-state index in [4.69, 9.17) is 0 Å². The maximum absolute atomic E-state index is 12.3. The number of hydrogen-bond acceptors (Lipinski definition) is 2. The first-order chi connectivity index (χ1) is 7.86. The van der Waals surface area contributed by atoms with Gasteiger partial charge in [0.15, 0.2) is 0 Å². The second kappa shape index (κ2) is 3.69. The second-order valence-electron chi connectivity index (χ2n) is 4.75. The monoisotopic (exact) mass is 230 g/mol. The number of aromatic nitrogens is 2. The molecule has 90 valence electrons. The largest absolute Gasteiger partial charge is 0.269 e. The number of hydrogen-bond donors (Lipinski definition) is 0. The van der Waals surface area contributed by atoms with Gasteiger partial charge in [-0.3, -0.25) is 9.20 Å². The summed E-state index contributed by atoms with van der Waals surface area (Å²) in [5.41, 5.74) is 6.86. The molecule has 0 spiro atoms. The number of pyridine rings is 1. The van der Waals surface area contributed by atoms with Crippen molar-refractivity contribution in [1.82, 2.24) is 9.38 Å². The summed E-state index contributed by atoms with van der Waals surface area (Å²) in [6.07, 6.45) is 0. The standard InChI is InChI=1S/C14H18N2O/c1-7-8(2)13-15-11(5)10(4)12(6)16(13)14(17)9(7)3/h1-6H3. The molecule has 0 aliphatic heterocycles. The molecule has 0 aliphatic rings. The predicted octanol–water partition coefficient (Wildman–Crippen LogP) is 2.55. The molecule has 0 N–H and O–H groups in total. The van der Waals surface area contributed by atoms with Crippen molar-refractivity contribution in [3.05, 3.63) is 44.0 Å². The van der Waals surface area contributed by atoms with Gasteiger partial charge < -0.3 is 0 Å². The summed E-state index contributed by atoms with van der Waals surface area (Å²) in [5.74, 6) is 0. The third-order valence-corrected chi connectivity index (χ3v) is 3.89. The maximum Gasteiger partial charge on any atom is 0.259 e. The van der Waals surface area contributed by atoms with Crippen LogP contribution in [0.5, 0.6) is 0 Å². The summed E-state index contributed by atoms with van der Waals surface area (Å²) in [5, 5.41) is 0. The topological polar surface area (TPSA) is 34.4 Å². The van der Waals surface area contributed by atoms with Gasteiger partial charge in [-0.15, -0.1) is 0 Å². The van der Waals surface area contributed by atoms with Crippen LogP contribution in [0.3, 0.4) is 0 Å². The molecule has 17 heavy (non-hydrogen) atoms. The Kier molecular flexibility index (Phi) is 2.57. The third-order valence-electron chi connectivity index (χ3n) is 3.89. The zero-order chi connectivity index (χ0) is 12.9. The highest BCUT2D eigenvalue weighted by Gasteiger charge is 2.13. The lowest BCUT2D eigenvalue weighted by Crippen LogP contribution is -2.23. The van der Waals surface area contributed by atoms with Crippen LogP contribution in [0.15, 0.2) is 4.79 Å². The van der Waals surface area contributed by atoms with Crippen LogP contribution < -0.4 is 5.56 Å². The van der Waals surface area contributed by atoms with Crippen molar-refractivity contribution >= 4 is 5.65 Å². The minimum Gasteiger partial charge on any atom is -0.269 e. The van der Waals surface area contributed by atoms with Gasteiger partial charge in [0.25, 0.3) is 5.56 Å². The Hall–Kier alpha value is -1.64. The molecule has 0 unspecified atom stereocenters. The van der Waals surface area contributed by atoms with Gasteiger partial charge in [-0.25, -0.2) is 4.98 Å². The SMILES string of the molecule is Cc1nc2c(C)c(C)c(C)c(=O)n2c(C)c1C. The molecule has 3 nitrogen and oxygen atoms in total. The van der Waals surface area contributed by atoms with E-state index in [0.29, 0.717) is 0 Å². The van der Waals surface area contributed by atoms with Crippen LogP contribution in [0.1, 0.15) is 33.6 Å². The van der Waals surface area contributed by atoms with Gasteiger partial charge in [0.05, 0.1) is 0 Å². The highest BCUT2D eigenvalue weighted by Crippen LogP contribution is 2.18. The minimum atomic E-state index is 0.0520. The summed E-state index contributed by atoms with van der Waals surface area (Å²) in [6.45, 7) is 11.9. The van der Waals surface area contributed by atoms with E-state index in [0.717, 1.165) is 39.3 Å². The van der Waals surface area contributed by atoms with Gasteiger partial charge in [0, 0.05) is 17.0 Å². The molecule has 0 saturated heterocycles. The number of nitrogens with zero attached hydrogens (tertiary/aromatic N) is 2. The Morgan fingerprint density at radius 1 is 0.824 bits per heavy atom. The number of rotatable bonds is 0. The molecular formula is C14H18N2O. The van der Waals surface area contributed by atoms with E-state index in [1.54, 1.807) is 4.40 Å². The maximum atomic E-state index is 12.3. The molecule has 0 aliphatic carbocycles. The second-order valence-corrected chi connectivity index (χ2v) is 4.75. The van der Waals surface area contributed by atoms with Crippen molar-refractivity contribution in [2.75, 3.05) is 0 Å². The molecule has 0 aromatic carbocycles. The fourth-order valence-corrected chi connectivity index (χ4v) is 2.16. The molecule has 3 heteroatoms. The first kappa shape index (κ1) is 11.8. The van der Waals surface area contributed by atoms with Gasteiger partial charge in [-0.05, 0) is 58.2 Å². The Bertz CT molecular complexity index is 681. The lowest BCUT2D eigenvalue weighted by atomic mass is 10.1. The lowest BCUT2D eigenvalue weighted by molar-refractivity contribution is 0.917. The number of fused-ring (bicyclic) bond motifs is 1. The Balaban J connectivity index is 3.18. The Morgan fingerprint density at radius 3 is 2.00 bits per heavy atom.